The normalized spacial score (nSPS) is 30.6. The Morgan fingerprint density at radius 2 is 2.03 bits per heavy atom. The molecule has 5 rings (SSSR count). The molecule has 3 aliphatic heterocycles. The first-order valence-electron chi connectivity index (χ1n) is 11.1. The molecule has 3 aliphatic rings. The highest BCUT2D eigenvalue weighted by Gasteiger charge is 2.73. The first-order chi connectivity index (χ1) is 15.5. The van der Waals surface area contributed by atoms with E-state index in [1.54, 1.807) is 18.7 Å². The summed E-state index contributed by atoms with van der Waals surface area (Å²) in [6.07, 6.45) is 1.46. The number of β-amino-alcohol motifs (C(OH)–C–C–N with tert-alkyl or cyclic N) is 1. The van der Waals surface area contributed by atoms with Crippen LogP contribution in [0, 0.1) is 11.8 Å². The minimum Gasteiger partial charge on any atom is -0.466 e. The Morgan fingerprint density at radius 1 is 1.25 bits per heavy atom. The van der Waals surface area contributed by atoms with E-state index in [0.29, 0.717) is 12.1 Å². The van der Waals surface area contributed by atoms with Gasteiger partial charge in [-0.05, 0) is 42.7 Å². The molecule has 3 saturated heterocycles. The van der Waals surface area contributed by atoms with E-state index in [0.717, 1.165) is 17.2 Å². The third-order valence-electron chi connectivity index (χ3n) is 6.97. The summed E-state index contributed by atoms with van der Waals surface area (Å²) in [6, 6.07) is 12.9. The van der Waals surface area contributed by atoms with Gasteiger partial charge in [0, 0.05) is 17.5 Å². The highest BCUT2D eigenvalue weighted by atomic mass is 32.2. The van der Waals surface area contributed by atoms with Gasteiger partial charge in [0.15, 0.2) is 0 Å². The van der Waals surface area contributed by atoms with Crippen molar-refractivity contribution in [3.8, 4) is 0 Å². The Kier molecular flexibility index (Phi) is 5.37. The number of amides is 2. The van der Waals surface area contributed by atoms with E-state index >= 15 is 0 Å². The van der Waals surface area contributed by atoms with Crippen molar-refractivity contribution in [3.63, 3.8) is 0 Å². The molecule has 168 valence electrons. The second-order valence-corrected chi connectivity index (χ2v) is 10.2. The summed E-state index contributed by atoms with van der Waals surface area (Å²) >= 11 is 1.59. The van der Waals surface area contributed by atoms with Crippen LogP contribution >= 0.6 is 11.8 Å². The van der Waals surface area contributed by atoms with Gasteiger partial charge in [-0.15, -0.1) is 11.8 Å². The van der Waals surface area contributed by atoms with Crippen LogP contribution in [0.25, 0.3) is 10.8 Å². The summed E-state index contributed by atoms with van der Waals surface area (Å²) in [5.74, 6) is -2.00. The van der Waals surface area contributed by atoms with E-state index in [9.17, 15) is 19.5 Å². The Hall–Kier alpha value is -2.58. The number of nitrogens with zero attached hydrogens (tertiary/aromatic N) is 1. The summed E-state index contributed by atoms with van der Waals surface area (Å²) in [5.41, 5.74) is 0.657. The van der Waals surface area contributed by atoms with E-state index in [-0.39, 0.29) is 42.8 Å². The number of benzene rings is 2. The molecule has 7 nitrogen and oxygen atoms in total. The van der Waals surface area contributed by atoms with Crippen LogP contribution in [0.3, 0.4) is 0 Å². The van der Waals surface area contributed by atoms with Crippen LogP contribution in [0.4, 0.5) is 5.69 Å². The molecule has 0 aromatic heterocycles. The number of aliphatic hydroxyl groups excluding tert-OH is 1. The summed E-state index contributed by atoms with van der Waals surface area (Å²) in [6.45, 7) is 1.83. The first-order valence-corrected chi connectivity index (χ1v) is 11.9. The van der Waals surface area contributed by atoms with Gasteiger partial charge in [-0.3, -0.25) is 14.4 Å². The number of ether oxygens (including phenoxy) is 1. The smallest absolute Gasteiger partial charge is 0.310 e. The number of aliphatic hydroxyl groups is 1. The number of rotatable bonds is 6. The lowest BCUT2D eigenvalue weighted by Gasteiger charge is -2.33. The number of fused-ring (bicyclic) bond motifs is 2. The zero-order chi connectivity index (χ0) is 22.5. The number of nitrogens with one attached hydrogen (secondary N) is 1. The van der Waals surface area contributed by atoms with Gasteiger partial charge in [0.25, 0.3) is 0 Å². The minimum absolute atomic E-state index is 0.0183. The number of esters is 1. The van der Waals surface area contributed by atoms with Crippen LogP contribution in [0.2, 0.25) is 0 Å². The van der Waals surface area contributed by atoms with Crippen molar-refractivity contribution in [2.45, 2.75) is 35.8 Å². The van der Waals surface area contributed by atoms with Crippen molar-refractivity contribution in [2.24, 2.45) is 11.8 Å². The maximum Gasteiger partial charge on any atom is 0.310 e. The number of hydrogen-bond acceptors (Lipinski definition) is 6. The van der Waals surface area contributed by atoms with Crippen LogP contribution < -0.4 is 5.32 Å². The van der Waals surface area contributed by atoms with Crippen LogP contribution in [0.5, 0.6) is 0 Å². The van der Waals surface area contributed by atoms with Gasteiger partial charge in [0.2, 0.25) is 11.8 Å². The van der Waals surface area contributed by atoms with E-state index < -0.39 is 22.6 Å². The van der Waals surface area contributed by atoms with Crippen LogP contribution in [0.1, 0.15) is 19.8 Å². The summed E-state index contributed by atoms with van der Waals surface area (Å²) in [4.78, 5) is 41.2. The van der Waals surface area contributed by atoms with Gasteiger partial charge in [-0.2, -0.15) is 0 Å². The van der Waals surface area contributed by atoms with Crippen molar-refractivity contribution in [1.29, 1.82) is 0 Å². The molecule has 2 unspecified atom stereocenters. The lowest BCUT2D eigenvalue weighted by atomic mass is 9.71. The standard InChI is InChI=1S/C24H26N2O5S/c1-2-31-23(30)18-17-9-10-24(32-17)19(18)22(29)26(11-12-27)20(24)21(28)25-16-8-7-14-5-3-4-6-15(14)13-16/h3-8,13,17-20,27H,2,9-12H2,1H3,(H,25,28)/t17-,18+,19+,20?,24?/m1/s1. The molecular weight excluding hydrogens is 428 g/mol. The molecule has 2 bridgehead atoms. The molecule has 1 spiro atoms. The molecule has 8 heteroatoms. The van der Waals surface area contributed by atoms with Gasteiger partial charge in [0.05, 0.1) is 29.8 Å². The summed E-state index contributed by atoms with van der Waals surface area (Å²) in [5, 5.41) is 14.7. The number of carbonyl (C=O) groups is 3. The largest absolute Gasteiger partial charge is 0.466 e. The minimum atomic E-state index is -0.743. The van der Waals surface area contributed by atoms with Gasteiger partial charge in [-0.1, -0.05) is 30.3 Å². The molecular formula is C24H26N2O5S. The molecule has 0 aliphatic carbocycles. The summed E-state index contributed by atoms with van der Waals surface area (Å²) in [7, 11) is 0. The third-order valence-corrected chi connectivity index (χ3v) is 8.92. The number of carbonyl (C=O) groups excluding carboxylic acids is 3. The van der Waals surface area contributed by atoms with E-state index in [1.165, 1.54) is 4.90 Å². The predicted molar refractivity (Wildman–Crippen MR) is 122 cm³/mol. The molecule has 2 aromatic carbocycles. The number of anilines is 1. The Balaban J connectivity index is 1.48. The third kappa shape index (κ3) is 3.11. The second kappa shape index (κ2) is 8.08. The quantitative estimate of drug-likeness (QED) is 0.651. The van der Waals surface area contributed by atoms with E-state index in [4.69, 9.17) is 4.74 Å². The number of likely N-dealkylation sites (tertiary alicyclic amines) is 1. The van der Waals surface area contributed by atoms with Crippen molar-refractivity contribution < 1.29 is 24.2 Å². The maximum absolute atomic E-state index is 13.6. The Morgan fingerprint density at radius 3 is 2.78 bits per heavy atom. The van der Waals surface area contributed by atoms with Crippen LogP contribution in [-0.4, -0.2) is 63.6 Å². The molecule has 2 amide bonds. The number of thioether (sulfide) groups is 1. The molecule has 5 atom stereocenters. The average molecular weight is 455 g/mol. The second-order valence-electron chi connectivity index (χ2n) is 8.61. The van der Waals surface area contributed by atoms with Gasteiger partial charge < -0.3 is 20.1 Å². The fourth-order valence-electron chi connectivity index (χ4n) is 5.79. The molecule has 32 heavy (non-hydrogen) atoms. The fourth-order valence-corrected chi connectivity index (χ4v) is 7.99. The highest BCUT2D eigenvalue weighted by molar-refractivity contribution is 8.02. The van der Waals surface area contributed by atoms with Gasteiger partial charge in [-0.25, -0.2) is 0 Å². The van der Waals surface area contributed by atoms with Crippen molar-refractivity contribution in [3.05, 3.63) is 42.5 Å². The van der Waals surface area contributed by atoms with Crippen molar-refractivity contribution in [2.75, 3.05) is 25.1 Å². The van der Waals surface area contributed by atoms with Crippen LogP contribution in [-0.2, 0) is 19.1 Å². The van der Waals surface area contributed by atoms with Crippen LogP contribution in [0.15, 0.2) is 42.5 Å². The Labute approximate surface area is 190 Å². The van der Waals surface area contributed by atoms with Gasteiger partial charge >= 0.3 is 5.97 Å². The maximum atomic E-state index is 13.6. The van der Waals surface area contributed by atoms with E-state index in [2.05, 4.69) is 5.32 Å². The zero-order valence-corrected chi connectivity index (χ0v) is 18.6. The van der Waals surface area contributed by atoms with Gasteiger partial charge in [0.1, 0.15) is 6.04 Å². The highest BCUT2D eigenvalue weighted by Crippen LogP contribution is 2.66. The molecule has 0 radical (unpaired) electrons. The van der Waals surface area contributed by atoms with Crippen molar-refractivity contribution >= 4 is 46.0 Å². The first kappa shape index (κ1) is 21.3. The summed E-state index contributed by atoms with van der Waals surface area (Å²) < 4.78 is 4.61. The number of hydrogen-bond donors (Lipinski definition) is 2. The molecule has 2 aromatic rings. The van der Waals surface area contributed by atoms with E-state index in [1.807, 2.05) is 42.5 Å². The fraction of sp³-hybridized carbons (Fsp3) is 0.458. The average Bonchev–Trinajstić information content (AvgIpc) is 3.42. The molecule has 2 N–H and O–H groups in total. The molecule has 0 saturated carbocycles. The molecule has 3 heterocycles. The Bertz CT molecular complexity index is 1090. The lowest BCUT2D eigenvalue weighted by Crippen LogP contribution is -2.51. The lowest BCUT2D eigenvalue weighted by molar-refractivity contribution is -0.153. The molecule has 3 fully saturated rings. The van der Waals surface area contributed by atoms with Crippen molar-refractivity contribution in [1.82, 2.24) is 4.90 Å². The SMILES string of the molecule is CCOC(=O)[C@@H]1[C@H]2C(=O)N(CCO)C(C(=O)Nc3ccc4ccccc4c3)C23CC[C@H]1S3. The monoisotopic (exact) mass is 454 g/mol. The predicted octanol–water partition coefficient (Wildman–Crippen LogP) is 2.42. The topological polar surface area (TPSA) is 95.9 Å². The zero-order valence-electron chi connectivity index (χ0n) is 17.8.